The molecule has 1 aliphatic rings. The maximum absolute atomic E-state index is 12.9. The number of ether oxygens (including phenoxy) is 2. The number of hydrogen-bond acceptors (Lipinski definition) is 6. The van der Waals surface area contributed by atoms with Crippen molar-refractivity contribution < 1.29 is 28.4 Å². The molecule has 6 nitrogen and oxygen atoms in total. The highest BCUT2D eigenvalue weighted by Crippen LogP contribution is 2.39. The van der Waals surface area contributed by atoms with Crippen molar-refractivity contribution in [2.75, 3.05) is 13.2 Å². The summed E-state index contributed by atoms with van der Waals surface area (Å²) in [6.07, 6.45) is 0. The molecular weight excluding hydrogens is 550 g/mol. The summed E-state index contributed by atoms with van der Waals surface area (Å²) in [7, 11) is 1.47. The van der Waals surface area contributed by atoms with Gasteiger partial charge < -0.3 is 18.8 Å². The molecule has 5 rings (SSSR count). The van der Waals surface area contributed by atoms with Crippen LogP contribution >= 0.6 is 0 Å². The predicted molar refractivity (Wildman–Crippen MR) is 180 cm³/mol. The second kappa shape index (κ2) is 11.9. The zero-order valence-electron chi connectivity index (χ0n) is 27.2. The minimum atomic E-state index is -0.597. The van der Waals surface area contributed by atoms with E-state index in [1.807, 2.05) is 84.9 Å². The Morgan fingerprint density at radius 1 is 0.705 bits per heavy atom. The molecule has 226 valence electrons. The molecule has 0 aromatic heterocycles. The molecule has 1 heterocycles. The van der Waals surface area contributed by atoms with Crippen molar-refractivity contribution in [1.82, 2.24) is 0 Å². The first-order chi connectivity index (χ1) is 20.8. The largest absolute Gasteiger partial charge is 0.494 e. The van der Waals surface area contributed by atoms with Crippen molar-refractivity contribution in [1.29, 1.82) is 0 Å². The molecule has 1 saturated heterocycles. The minimum absolute atomic E-state index is 0.301. The molecule has 1 fully saturated rings. The zero-order valence-corrected chi connectivity index (χ0v) is 27.2. The topological polar surface area (TPSA) is 71.1 Å². The van der Waals surface area contributed by atoms with Crippen LogP contribution in [-0.4, -0.2) is 51.3 Å². The zero-order chi connectivity index (χ0) is 32.0. The maximum Gasteiger partial charge on any atom is 0.494 e. The molecule has 0 aliphatic carbocycles. The van der Waals surface area contributed by atoms with E-state index < -0.39 is 18.3 Å². The van der Waals surface area contributed by atoms with Crippen LogP contribution in [0.2, 0.25) is 0 Å². The Labute approximate surface area is 261 Å². The quantitative estimate of drug-likeness (QED) is 0.203. The number of aryl methyl sites for hydroxylation is 2. The van der Waals surface area contributed by atoms with Crippen molar-refractivity contribution >= 4 is 48.6 Å². The third-order valence-electron chi connectivity index (χ3n) is 8.85. The van der Waals surface area contributed by atoms with Crippen LogP contribution in [0.3, 0.4) is 0 Å². The van der Waals surface area contributed by atoms with Crippen LogP contribution < -0.4 is 10.9 Å². The Morgan fingerprint density at radius 2 is 1.16 bits per heavy atom. The average Bonchev–Trinajstić information content (AvgIpc) is 3.19. The molecule has 44 heavy (non-hydrogen) atoms. The van der Waals surface area contributed by atoms with Crippen LogP contribution in [-0.2, 0) is 18.8 Å². The van der Waals surface area contributed by atoms with Gasteiger partial charge in [0.25, 0.3) is 0 Å². The Bertz CT molecular complexity index is 1760. The summed E-state index contributed by atoms with van der Waals surface area (Å²) in [5.41, 5.74) is 7.38. The lowest BCUT2D eigenvalue weighted by molar-refractivity contribution is 0.00578. The molecule has 0 N–H and O–H groups in total. The highest BCUT2D eigenvalue weighted by atomic mass is 16.7. The number of rotatable bonds is 7. The Kier molecular flexibility index (Phi) is 8.54. The van der Waals surface area contributed by atoms with Gasteiger partial charge in [0.05, 0.1) is 35.5 Å². The summed E-state index contributed by atoms with van der Waals surface area (Å²) in [6.45, 7) is 16.2. The molecule has 0 saturated carbocycles. The van der Waals surface area contributed by atoms with Crippen molar-refractivity contribution in [3.8, 4) is 22.3 Å². The first-order valence-electron chi connectivity index (χ1n) is 15.3. The fourth-order valence-corrected chi connectivity index (χ4v) is 5.66. The summed E-state index contributed by atoms with van der Waals surface area (Å²) in [5, 5.41) is 1.99. The number of carbonyl (C=O) groups is 2. The smallest absolute Gasteiger partial charge is 0.462 e. The molecule has 0 spiro atoms. The van der Waals surface area contributed by atoms with E-state index in [0.29, 0.717) is 24.3 Å². The SMILES string of the molecule is Bc1cc(-c2ccc(C)c(C(=O)OCC)c2)c2cc(B3OC(C)(C)C(C)(C)O3)cc(-c3ccc(C)c(C(=O)OCC)c3)c2c1. The standard InChI is InChI=1S/C36H40B2O6/c1-9-41-33(39)27-15-23(13-11-21(27)3)29-17-25(37)18-31-30(24-14-12-22(4)28(16-24)34(40)42-10-2)19-26(20-32(29)31)38-43-35(5,6)36(7,8)44-38/h11-20H,9-10,37H2,1-8H3. The number of hydrogen-bond donors (Lipinski definition) is 0. The third-order valence-corrected chi connectivity index (χ3v) is 8.85. The second-order valence-electron chi connectivity index (χ2n) is 12.6. The van der Waals surface area contributed by atoms with E-state index in [2.05, 4.69) is 32.1 Å². The third kappa shape index (κ3) is 5.81. The molecule has 0 atom stereocenters. The van der Waals surface area contributed by atoms with E-state index in [9.17, 15) is 9.59 Å². The van der Waals surface area contributed by atoms with Gasteiger partial charge in [0.2, 0.25) is 0 Å². The Morgan fingerprint density at radius 3 is 1.64 bits per heavy atom. The van der Waals surface area contributed by atoms with Crippen LogP contribution in [0.1, 0.15) is 73.4 Å². The molecule has 0 amide bonds. The number of carbonyl (C=O) groups excluding carboxylic acids is 2. The predicted octanol–water partition coefficient (Wildman–Crippen LogP) is 5.70. The number of benzene rings is 4. The van der Waals surface area contributed by atoms with Crippen LogP contribution in [0.5, 0.6) is 0 Å². The molecule has 1 aliphatic heterocycles. The fraction of sp³-hybridized carbons (Fsp3) is 0.333. The van der Waals surface area contributed by atoms with E-state index in [1.54, 1.807) is 6.92 Å². The van der Waals surface area contributed by atoms with Crippen molar-refractivity contribution in [3.63, 3.8) is 0 Å². The van der Waals surface area contributed by atoms with Gasteiger partial charge in [0.1, 0.15) is 7.85 Å². The lowest BCUT2D eigenvalue weighted by atomic mass is 9.74. The summed E-state index contributed by atoms with van der Waals surface area (Å²) >= 11 is 0. The molecule has 0 unspecified atom stereocenters. The Hall–Kier alpha value is -3.87. The van der Waals surface area contributed by atoms with Gasteiger partial charge in [-0.05, 0) is 117 Å². The number of esters is 2. The minimum Gasteiger partial charge on any atom is -0.462 e. The molecule has 8 heteroatoms. The van der Waals surface area contributed by atoms with Crippen LogP contribution in [0.15, 0.2) is 60.7 Å². The molecule has 4 aromatic carbocycles. The van der Waals surface area contributed by atoms with Crippen molar-refractivity contribution in [2.24, 2.45) is 0 Å². The van der Waals surface area contributed by atoms with Crippen molar-refractivity contribution in [3.05, 3.63) is 82.9 Å². The van der Waals surface area contributed by atoms with Crippen molar-refractivity contribution in [2.45, 2.75) is 66.6 Å². The van der Waals surface area contributed by atoms with E-state index in [-0.39, 0.29) is 11.9 Å². The van der Waals surface area contributed by atoms with E-state index in [1.165, 1.54) is 0 Å². The summed E-state index contributed by atoms with van der Waals surface area (Å²) in [5.74, 6) is -0.685. The lowest BCUT2D eigenvalue weighted by Crippen LogP contribution is -2.41. The lowest BCUT2D eigenvalue weighted by Gasteiger charge is -2.32. The molecular formula is C36H40B2O6. The first kappa shape index (κ1) is 31.6. The van der Waals surface area contributed by atoms with Gasteiger partial charge in [0, 0.05) is 0 Å². The van der Waals surface area contributed by atoms with Gasteiger partial charge in [0.15, 0.2) is 0 Å². The highest BCUT2D eigenvalue weighted by molar-refractivity contribution is 6.62. The van der Waals surface area contributed by atoms with Gasteiger partial charge in [-0.3, -0.25) is 0 Å². The van der Waals surface area contributed by atoms with Gasteiger partial charge in [-0.25, -0.2) is 9.59 Å². The van der Waals surface area contributed by atoms with E-state index in [4.69, 9.17) is 18.8 Å². The first-order valence-corrected chi connectivity index (χ1v) is 15.3. The highest BCUT2D eigenvalue weighted by Gasteiger charge is 2.51. The summed E-state index contributed by atoms with van der Waals surface area (Å²) in [4.78, 5) is 25.7. The van der Waals surface area contributed by atoms with Crippen LogP contribution in [0.25, 0.3) is 33.0 Å². The number of fused-ring (bicyclic) bond motifs is 1. The summed E-state index contributed by atoms with van der Waals surface area (Å²) < 4.78 is 23.8. The second-order valence-corrected chi connectivity index (χ2v) is 12.6. The Balaban J connectivity index is 1.80. The van der Waals surface area contributed by atoms with Crippen LogP contribution in [0.4, 0.5) is 0 Å². The van der Waals surface area contributed by atoms with E-state index >= 15 is 0 Å². The fourth-order valence-electron chi connectivity index (χ4n) is 5.66. The van der Waals surface area contributed by atoms with Gasteiger partial charge >= 0.3 is 19.1 Å². The molecule has 4 aromatic rings. The van der Waals surface area contributed by atoms with Gasteiger partial charge in [-0.1, -0.05) is 54.0 Å². The molecule has 0 bridgehead atoms. The molecule has 0 radical (unpaired) electrons. The van der Waals surface area contributed by atoms with Crippen LogP contribution in [0, 0.1) is 13.8 Å². The maximum atomic E-state index is 12.9. The van der Waals surface area contributed by atoms with Gasteiger partial charge in [-0.2, -0.15) is 0 Å². The average molecular weight is 590 g/mol. The monoisotopic (exact) mass is 590 g/mol. The summed E-state index contributed by atoms with van der Waals surface area (Å²) in [6, 6.07) is 20.3. The van der Waals surface area contributed by atoms with E-state index in [0.717, 1.165) is 55.1 Å². The normalized spacial score (nSPS) is 15.4. The van der Waals surface area contributed by atoms with Gasteiger partial charge in [-0.15, -0.1) is 0 Å².